The maximum absolute atomic E-state index is 11.8. The van der Waals surface area contributed by atoms with Crippen molar-refractivity contribution in [2.45, 2.75) is 25.8 Å². The molecule has 2 heterocycles. The predicted octanol–water partition coefficient (Wildman–Crippen LogP) is 1.92. The largest absolute Gasteiger partial charge is 0.466 e. The van der Waals surface area contributed by atoms with Crippen molar-refractivity contribution in [3.63, 3.8) is 0 Å². The number of aromatic nitrogens is 3. The van der Waals surface area contributed by atoms with Gasteiger partial charge in [0.05, 0.1) is 20.3 Å². The average Bonchev–Trinajstić information content (AvgIpc) is 3.11. The van der Waals surface area contributed by atoms with Gasteiger partial charge in [0.1, 0.15) is 11.5 Å². The second-order valence-electron chi connectivity index (χ2n) is 5.82. The molecule has 1 aliphatic heterocycles. The van der Waals surface area contributed by atoms with Gasteiger partial charge in [0.25, 0.3) is 0 Å². The van der Waals surface area contributed by atoms with Gasteiger partial charge in [0.15, 0.2) is 5.82 Å². The van der Waals surface area contributed by atoms with Crippen LogP contribution in [0.5, 0.6) is 0 Å². The van der Waals surface area contributed by atoms with E-state index >= 15 is 0 Å². The van der Waals surface area contributed by atoms with Crippen LogP contribution in [0.15, 0.2) is 36.0 Å². The van der Waals surface area contributed by atoms with Crippen molar-refractivity contribution < 1.29 is 19.1 Å². The van der Waals surface area contributed by atoms with Crippen LogP contribution in [0.2, 0.25) is 0 Å². The van der Waals surface area contributed by atoms with Crippen LogP contribution < -0.4 is 5.32 Å². The SMILES string of the molecule is COC(=O)/C=C(/Nc1ccc(-c2nnc3n2CCCC3)cc1)C(=O)OC. The summed E-state index contributed by atoms with van der Waals surface area (Å²) in [5.74, 6) is 0.544. The molecule has 1 N–H and O–H groups in total. The first-order valence-electron chi connectivity index (χ1n) is 8.30. The Balaban J connectivity index is 1.81. The summed E-state index contributed by atoms with van der Waals surface area (Å²) < 4.78 is 11.4. The van der Waals surface area contributed by atoms with Crippen LogP contribution in [0.4, 0.5) is 5.69 Å². The molecule has 8 nitrogen and oxygen atoms in total. The Morgan fingerprint density at radius 3 is 2.58 bits per heavy atom. The van der Waals surface area contributed by atoms with E-state index in [0.29, 0.717) is 5.69 Å². The Morgan fingerprint density at radius 2 is 1.88 bits per heavy atom. The minimum absolute atomic E-state index is 0.00745. The molecular formula is C18H20N4O4. The van der Waals surface area contributed by atoms with Crippen LogP contribution >= 0.6 is 0 Å². The predicted molar refractivity (Wildman–Crippen MR) is 94.1 cm³/mol. The van der Waals surface area contributed by atoms with E-state index in [9.17, 15) is 9.59 Å². The highest BCUT2D eigenvalue weighted by molar-refractivity contribution is 5.98. The van der Waals surface area contributed by atoms with Gasteiger partial charge in [-0.25, -0.2) is 9.59 Å². The molecule has 0 saturated carbocycles. The summed E-state index contributed by atoms with van der Waals surface area (Å²) in [6.45, 7) is 0.923. The fraction of sp³-hybridized carbons (Fsp3) is 0.333. The van der Waals surface area contributed by atoms with E-state index in [4.69, 9.17) is 0 Å². The van der Waals surface area contributed by atoms with Crippen molar-refractivity contribution in [1.29, 1.82) is 0 Å². The van der Waals surface area contributed by atoms with Gasteiger partial charge in [-0.1, -0.05) is 0 Å². The summed E-state index contributed by atoms with van der Waals surface area (Å²) in [6, 6.07) is 7.38. The standard InChI is InChI=1S/C18H20N4O4/c1-25-16(23)11-14(18(24)26-2)19-13-8-6-12(7-9-13)17-21-20-15-5-3-4-10-22(15)17/h6-9,11,19H,3-5,10H2,1-2H3/b14-11+. The smallest absolute Gasteiger partial charge is 0.354 e. The number of carbonyl (C=O) groups is 2. The third-order valence-electron chi connectivity index (χ3n) is 4.15. The van der Waals surface area contributed by atoms with Crippen LogP contribution in [0.25, 0.3) is 11.4 Å². The molecule has 0 bridgehead atoms. The fourth-order valence-corrected chi connectivity index (χ4v) is 2.81. The highest BCUT2D eigenvalue weighted by Gasteiger charge is 2.17. The van der Waals surface area contributed by atoms with Crippen LogP contribution in [0.3, 0.4) is 0 Å². The first kappa shape index (κ1) is 17.7. The number of carbonyl (C=O) groups excluding carboxylic acids is 2. The van der Waals surface area contributed by atoms with Crippen LogP contribution in [-0.2, 0) is 32.0 Å². The zero-order chi connectivity index (χ0) is 18.5. The number of fused-ring (bicyclic) bond motifs is 1. The molecule has 1 aromatic heterocycles. The molecule has 0 unspecified atom stereocenters. The average molecular weight is 356 g/mol. The summed E-state index contributed by atoms with van der Waals surface area (Å²) in [6.07, 6.45) is 4.27. The summed E-state index contributed by atoms with van der Waals surface area (Å²) in [5, 5.41) is 11.4. The number of aryl methyl sites for hydroxylation is 1. The van der Waals surface area contributed by atoms with Crippen LogP contribution in [0, 0.1) is 0 Å². The second-order valence-corrected chi connectivity index (χ2v) is 5.82. The molecule has 0 amide bonds. The molecule has 26 heavy (non-hydrogen) atoms. The molecule has 0 saturated heterocycles. The van der Waals surface area contributed by atoms with Gasteiger partial charge in [-0.3, -0.25) is 0 Å². The van der Waals surface area contributed by atoms with Crippen LogP contribution in [-0.4, -0.2) is 40.9 Å². The van der Waals surface area contributed by atoms with Gasteiger partial charge in [-0.05, 0) is 37.1 Å². The van der Waals surface area contributed by atoms with Crippen molar-refractivity contribution in [3.05, 3.63) is 41.9 Å². The summed E-state index contributed by atoms with van der Waals surface area (Å²) >= 11 is 0. The first-order chi connectivity index (χ1) is 12.6. The lowest BCUT2D eigenvalue weighted by atomic mass is 10.1. The number of rotatable bonds is 5. The Labute approximate surface area is 150 Å². The van der Waals surface area contributed by atoms with Crippen molar-refractivity contribution in [1.82, 2.24) is 14.8 Å². The van der Waals surface area contributed by atoms with E-state index in [2.05, 4.69) is 29.6 Å². The maximum Gasteiger partial charge on any atom is 0.354 e. The number of benzene rings is 1. The highest BCUT2D eigenvalue weighted by atomic mass is 16.5. The van der Waals surface area contributed by atoms with Gasteiger partial charge >= 0.3 is 11.9 Å². The van der Waals surface area contributed by atoms with Gasteiger partial charge in [0, 0.05) is 24.2 Å². The first-order valence-corrected chi connectivity index (χ1v) is 8.30. The highest BCUT2D eigenvalue weighted by Crippen LogP contribution is 2.24. The minimum Gasteiger partial charge on any atom is -0.466 e. The topological polar surface area (TPSA) is 95.3 Å². The molecule has 0 fully saturated rings. The van der Waals surface area contributed by atoms with Gasteiger partial charge in [0.2, 0.25) is 0 Å². The number of hydrogen-bond donors (Lipinski definition) is 1. The van der Waals surface area contributed by atoms with Crippen LogP contribution in [0.1, 0.15) is 18.7 Å². The van der Waals surface area contributed by atoms with Gasteiger partial charge in [-0.2, -0.15) is 0 Å². The number of methoxy groups -OCH3 is 2. The normalized spacial score (nSPS) is 13.7. The second kappa shape index (κ2) is 7.81. The third kappa shape index (κ3) is 3.74. The molecule has 2 aromatic rings. The van der Waals surface area contributed by atoms with Crippen molar-refractivity contribution in [2.75, 3.05) is 19.5 Å². The lowest BCUT2D eigenvalue weighted by Gasteiger charge is -2.15. The van der Waals surface area contributed by atoms with E-state index in [1.165, 1.54) is 14.2 Å². The van der Waals surface area contributed by atoms with E-state index < -0.39 is 11.9 Å². The summed E-state index contributed by atoms with van der Waals surface area (Å²) in [4.78, 5) is 23.2. The number of hydrogen-bond acceptors (Lipinski definition) is 7. The number of anilines is 1. The maximum atomic E-state index is 11.8. The molecule has 0 spiro atoms. The van der Waals surface area contributed by atoms with Gasteiger partial charge < -0.3 is 19.4 Å². The molecule has 1 aliphatic rings. The Hall–Kier alpha value is -3.16. The Morgan fingerprint density at radius 1 is 1.12 bits per heavy atom. The van der Waals surface area contributed by atoms with Crippen molar-refractivity contribution in [2.24, 2.45) is 0 Å². The molecule has 0 atom stereocenters. The van der Waals surface area contributed by atoms with Crippen molar-refractivity contribution in [3.8, 4) is 11.4 Å². The monoisotopic (exact) mass is 356 g/mol. The van der Waals surface area contributed by atoms with Gasteiger partial charge in [-0.15, -0.1) is 10.2 Å². The number of esters is 2. The Kier molecular flexibility index (Phi) is 5.31. The molecule has 0 radical (unpaired) electrons. The molecular weight excluding hydrogens is 336 g/mol. The summed E-state index contributed by atoms with van der Waals surface area (Å²) in [5.41, 5.74) is 1.56. The number of nitrogens with zero attached hydrogens (tertiary/aromatic N) is 3. The lowest BCUT2D eigenvalue weighted by molar-refractivity contribution is -0.138. The zero-order valence-corrected chi connectivity index (χ0v) is 14.7. The van der Waals surface area contributed by atoms with E-state index in [1.54, 1.807) is 12.1 Å². The lowest BCUT2D eigenvalue weighted by Crippen LogP contribution is -2.15. The molecule has 8 heteroatoms. The number of ether oxygens (including phenoxy) is 2. The molecule has 0 aliphatic carbocycles. The van der Waals surface area contributed by atoms with E-state index in [0.717, 1.165) is 49.1 Å². The third-order valence-corrected chi connectivity index (χ3v) is 4.15. The van der Waals surface area contributed by atoms with E-state index in [1.807, 2.05) is 12.1 Å². The summed E-state index contributed by atoms with van der Waals surface area (Å²) in [7, 11) is 2.48. The zero-order valence-electron chi connectivity index (χ0n) is 14.7. The molecule has 1 aromatic carbocycles. The Bertz CT molecular complexity index is 839. The number of nitrogens with one attached hydrogen (secondary N) is 1. The fourth-order valence-electron chi connectivity index (χ4n) is 2.81. The van der Waals surface area contributed by atoms with E-state index in [-0.39, 0.29) is 5.70 Å². The minimum atomic E-state index is -0.661. The molecule has 3 rings (SSSR count). The van der Waals surface area contributed by atoms with Crippen molar-refractivity contribution >= 4 is 17.6 Å². The quantitative estimate of drug-likeness (QED) is 0.646. The molecule has 136 valence electrons.